The molecule has 4 aliphatic rings. The molecule has 0 radical (unpaired) electrons. The van der Waals surface area contributed by atoms with Crippen LogP contribution in [0, 0.1) is 5.92 Å². The first-order chi connectivity index (χ1) is 24.8. The van der Waals surface area contributed by atoms with Crippen LogP contribution in [0.4, 0.5) is 5.69 Å². The molecule has 0 bridgehead atoms. The van der Waals surface area contributed by atoms with Crippen molar-refractivity contribution in [3.05, 3.63) is 93.4 Å². The summed E-state index contributed by atoms with van der Waals surface area (Å²) in [5, 5.41) is 12.0. The molecule has 2 aromatic carbocycles. The van der Waals surface area contributed by atoms with E-state index in [1.807, 2.05) is 18.2 Å². The third-order valence-electron chi connectivity index (χ3n) is 12.5. The number of benzene rings is 2. The third-order valence-corrected chi connectivity index (χ3v) is 12.5. The molecule has 1 N–H and O–H groups in total. The van der Waals surface area contributed by atoms with Gasteiger partial charge in [-0.1, -0.05) is 75.1 Å². The summed E-state index contributed by atoms with van der Waals surface area (Å²) in [4.78, 5) is 42.4. The van der Waals surface area contributed by atoms with Crippen LogP contribution in [0.2, 0.25) is 0 Å². The van der Waals surface area contributed by atoms with E-state index >= 15 is 0 Å². The molecule has 3 aromatic rings. The number of nitrogens with zero attached hydrogens (tertiary/aromatic N) is 2. The molecule has 7 heteroatoms. The first-order valence-electron chi connectivity index (χ1n) is 20.0. The van der Waals surface area contributed by atoms with E-state index in [1.54, 1.807) is 21.7 Å². The van der Waals surface area contributed by atoms with Gasteiger partial charge in [-0.2, -0.15) is 0 Å². The maximum Gasteiger partial charge on any atom is 0.274 e. The van der Waals surface area contributed by atoms with Crippen molar-refractivity contribution in [2.24, 2.45) is 5.92 Å². The van der Waals surface area contributed by atoms with Crippen LogP contribution in [0.15, 0.2) is 65.6 Å². The monoisotopic (exact) mass is 692 g/mol. The van der Waals surface area contributed by atoms with Gasteiger partial charge in [0.2, 0.25) is 5.91 Å². The van der Waals surface area contributed by atoms with Crippen LogP contribution in [0.25, 0.3) is 0 Å². The van der Waals surface area contributed by atoms with Crippen molar-refractivity contribution < 1.29 is 19.4 Å². The summed E-state index contributed by atoms with van der Waals surface area (Å²) in [6.45, 7) is 2.69. The molecule has 1 aromatic heterocycles. The second-order valence-corrected chi connectivity index (χ2v) is 16.0. The quantitative estimate of drug-likeness (QED) is 0.192. The van der Waals surface area contributed by atoms with Gasteiger partial charge in [-0.3, -0.25) is 14.4 Å². The number of fused-ring (bicyclic) bond motifs is 1. The lowest BCUT2D eigenvalue weighted by Crippen LogP contribution is -2.41. The molecule has 7 rings (SSSR count). The number of rotatable bonds is 12. The van der Waals surface area contributed by atoms with Gasteiger partial charge in [-0.15, -0.1) is 0 Å². The van der Waals surface area contributed by atoms with Crippen LogP contribution in [-0.4, -0.2) is 39.6 Å². The highest BCUT2D eigenvalue weighted by atomic mass is 16.5. The number of Topliss-reactive ketones (excluding diaryl/α,β-unsaturated/α-hetero) is 1. The highest BCUT2D eigenvalue weighted by Gasteiger charge is 2.41. The van der Waals surface area contributed by atoms with Crippen LogP contribution in [0.5, 0.6) is 5.75 Å². The Bertz CT molecular complexity index is 1730. The minimum absolute atomic E-state index is 0.0414. The molecule has 51 heavy (non-hydrogen) atoms. The zero-order valence-corrected chi connectivity index (χ0v) is 30.5. The van der Waals surface area contributed by atoms with E-state index < -0.39 is 6.10 Å². The van der Waals surface area contributed by atoms with E-state index in [1.165, 1.54) is 36.8 Å². The van der Waals surface area contributed by atoms with Crippen LogP contribution in [0.3, 0.4) is 0 Å². The maximum atomic E-state index is 14.3. The lowest BCUT2D eigenvalue weighted by Gasteiger charge is -2.43. The summed E-state index contributed by atoms with van der Waals surface area (Å²) in [6.07, 6.45) is 17.3. The molecule has 7 nitrogen and oxygen atoms in total. The molecule has 3 fully saturated rings. The number of anilines is 1. The van der Waals surface area contributed by atoms with Gasteiger partial charge < -0.3 is 19.3 Å². The molecule has 1 amide bonds. The molecule has 272 valence electrons. The summed E-state index contributed by atoms with van der Waals surface area (Å²) in [7, 11) is 0. The summed E-state index contributed by atoms with van der Waals surface area (Å²) in [6, 6.07) is 18.5. The predicted octanol–water partition coefficient (Wildman–Crippen LogP) is 8.88. The number of hydrogen-bond donors (Lipinski definition) is 1. The minimum atomic E-state index is -0.680. The topological polar surface area (TPSA) is 88.8 Å². The second kappa shape index (κ2) is 15.9. The van der Waals surface area contributed by atoms with E-state index in [0.29, 0.717) is 43.5 Å². The van der Waals surface area contributed by atoms with Crippen molar-refractivity contribution in [1.82, 2.24) is 4.57 Å². The molecule has 2 aliphatic heterocycles. The number of pyridine rings is 1. The Labute approximate surface area is 303 Å². The van der Waals surface area contributed by atoms with E-state index in [-0.39, 0.29) is 47.1 Å². The molecular weight excluding hydrogens is 636 g/mol. The standard InChI is InChI=1S/C44H56N2O5/c1-2-31-18-21-41-37(26-31)33(29-44(51-41)22-10-3-4-11-23-44)19-20-39(47)34(25-32-13-6-5-7-14-32)28-40(48)35-27-38(45-24-12-17-42(45)49)43(50)46(30-35)36-15-8-9-16-36/h5-7,13-14,18,21,26-27,30,33-34,36,39,47H,2-4,8-12,15-17,19-20,22-25,28-29H2,1H3/t33-,34+,39+/m0/s1. The van der Waals surface area contributed by atoms with Gasteiger partial charge in [-0.25, -0.2) is 0 Å². The molecule has 1 saturated heterocycles. The lowest BCUT2D eigenvalue weighted by atomic mass is 9.75. The fraction of sp³-hybridized carbons (Fsp3) is 0.568. The average molecular weight is 693 g/mol. The largest absolute Gasteiger partial charge is 0.487 e. The number of amides is 1. The fourth-order valence-electron chi connectivity index (χ4n) is 9.51. The number of carbonyl (C=O) groups excluding carboxylic acids is 2. The first-order valence-corrected chi connectivity index (χ1v) is 20.0. The number of hydrogen-bond acceptors (Lipinski definition) is 5. The van der Waals surface area contributed by atoms with Crippen LogP contribution < -0.4 is 15.2 Å². The van der Waals surface area contributed by atoms with Gasteiger partial charge in [0.15, 0.2) is 5.78 Å². The van der Waals surface area contributed by atoms with Gasteiger partial charge in [0, 0.05) is 37.2 Å². The van der Waals surface area contributed by atoms with Gasteiger partial charge in [0.25, 0.3) is 5.56 Å². The molecule has 2 aliphatic carbocycles. The van der Waals surface area contributed by atoms with Crippen LogP contribution >= 0.6 is 0 Å². The van der Waals surface area contributed by atoms with Crippen LogP contribution in [-0.2, 0) is 17.6 Å². The Hall–Kier alpha value is -3.71. The van der Waals surface area contributed by atoms with Gasteiger partial charge in [-0.05, 0) is 118 Å². The number of ether oxygens (including phenoxy) is 1. The predicted molar refractivity (Wildman–Crippen MR) is 202 cm³/mol. The van der Waals surface area contributed by atoms with Crippen molar-refractivity contribution in [3.8, 4) is 5.75 Å². The van der Waals surface area contributed by atoms with Crippen molar-refractivity contribution in [1.29, 1.82) is 0 Å². The third kappa shape index (κ3) is 8.04. The smallest absolute Gasteiger partial charge is 0.274 e. The molecule has 1 spiro atoms. The number of aromatic nitrogens is 1. The highest BCUT2D eigenvalue weighted by molar-refractivity contribution is 5.99. The zero-order valence-electron chi connectivity index (χ0n) is 30.5. The number of ketones is 1. The van der Waals surface area contributed by atoms with Gasteiger partial charge in [0.05, 0.1) is 6.10 Å². The Morgan fingerprint density at radius 3 is 2.41 bits per heavy atom. The van der Waals surface area contributed by atoms with E-state index in [4.69, 9.17) is 4.74 Å². The normalized spacial score (nSPS) is 21.6. The molecular formula is C44H56N2O5. The maximum absolute atomic E-state index is 14.3. The van der Waals surface area contributed by atoms with E-state index in [0.717, 1.165) is 69.1 Å². The van der Waals surface area contributed by atoms with E-state index in [9.17, 15) is 19.5 Å². The number of aliphatic hydroxyl groups is 1. The lowest BCUT2D eigenvalue weighted by molar-refractivity contribution is -0.117. The Morgan fingerprint density at radius 2 is 1.71 bits per heavy atom. The molecule has 0 unspecified atom stereocenters. The Kier molecular flexibility index (Phi) is 11.1. The Balaban J connectivity index is 1.15. The van der Waals surface area contributed by atoms with Crippen LogP contribution in [0.1, 0.15) is 149 Å². The summed E-state index contributed by atoms with van der Waals surface area (Å²) in [5.41, 5.74) is 4.14. The SMILES string of the molecule is CCc1ccc2c(c1)[C@@H](CC[C@@H](O)[C@@H](CC(=O)c1cc(N3CCCC3=O)c(=O)n(C3CCCC3)c1)Cc1ccccc1)CC1(CCCCCC1)O2. The van der Waals surface area contributed by atoms with Gasteiger partial charge in [0.1, 0.15) is 17.0 Å². The minimum Gasteiger partial charge on any atom is -0.487 e. The van der Waals surface area contributed by atoms with Crippen molar-refractivity contribution >= 4 is 17.4 Å². The van der Waals surface area contributed by atoms with Crippen molar-refractivity contribution in [2.75, 3.05) is 11.4 Å². The van der Waals surface area contributed by atoms with E-state index in [2.05, 4.69) is 37.3 Å². The average Bonchev–Trinajstić information content (AvgIpc) is 3.79. The molecule has 3 atom stereocenters. The number of aliphatic hydroxyl groups excluding tert-OH is 1. The fourth-order valence-corrected chi connectivity index (χ4v) is 9.51. The van der Waals surface area contributed by atoms with Crippen molar-refractivity contribution in [2.45, 2.75) is 146 Å². The number of carbonyl (C=O) groups is 2. The highest BCUT2D eigenvalue weighted by Crippen LogP contribution is 2.48. The zero-order chi connectivity index (χ0) is 35.4. The second-order valence-electron chi connectivity index (χ2n) is 16.0. The summed E-state index contributed by atoms with van der Waals surface area (Å²) in [5.74, 6) is 0.864. The summed E-state index contributed by atoms with van der Waals surface area (Å²) >= 11 is 0. The van der Waals surface area contributed by atoms with Crippen molar-refractivity contribution in [3.63, 3.8) is 0 Å². The molecule has 3 heterocycles. The first kappa shape index (κ1) is 35.7. The summed E-state index contributed by atoms with van der Waals surface area (Å²) < 4.78 is 8.59. The van der Waals surface area contributed by atoms with Gasteiger partial charge >= 0.3 is 0 Å². The number of aryl methyl sites for hydroxylation is 1. The molecule has 2 saturated carbocycles. The Morgan fingerprint density at radius 1 is 0.941 bits per heavy atom.